The van der Waals surface area contributed by atoms with Crippen LogP contribution in [0.1, 0.15) is 181 Å². The maximum absolute atomic E-state index is 12.2. The Morgan fingerprint density at radius 2 is 0.741 bits per heavy atom. The van der Waals surface area contributed by atoms with Crippen LogP contribution in [0.25, 0.3) is 0 Å². The monoisotopic (exact) mass is 801 g/mol. The number of aliphatic hydroxyl groups excluding tert-OH is 1. The second kappa shape index (κ2) is 47.7. The molecule has 0 aromatic heterocycles. The number of carbonyl (C=O) groups is 2. The summed E-state index contributed by atoms with van der Waals surface area (Å²) in [6.07, 6.45) is 70.2. The summed E-state index contributed by atoms with van der Waals surface area (Å²) in [5.74, 6) is -0.748. The normalized spacial score (nSPS) is 13.4. The Bertz CT molecular complexity index is 1220. The molecule has 58 heavy (non-hydrogen) atoms. The van der Waals surface area contributed by atoms with Gasteiger partial charge in [0.15, 0.2) is 6.10 Å². The zero-order chi connectivity index (χ0) is 42.1. The highest BCUT2D eigenvalue weighted by atomic mass is 16.6. The van der Waals surface area contributed by atoms with Gasteiger partial charge >= 0.3 is 11.9 Å². The van der Waals surface area contributed by atoms with Gasteiger partial charge in [-0.2, -0.15) is 0 Å². The Hall–Kier alpha value is -3.70. The summed E-state index contributed by atoms with van der Waals surface area (Å²) in [7, 11) is 0. The Labute approximate surface area is 356 Å². The molecule has 0 amide bonds. The van der Waals surface area contributed by atoms with Crippen LogP contribution in [-0.4, -0.2) is 36.4 Å². The lowest BCUT2D eigenvalue weighted by Gasteiger charge is -2.15. The molecule has 0 heterocycles. The Morgan fingerprint density at radius 3 is 1.12 bits per heavy atom. The Morgan fingerprint density at radius 1 is 0.414 bits per heavy atom. The molecule has 0 bridgehead atoms. The van der Waals surface area contributed by atoms with Gasteiger partial charge in [-0.3, -0.25) is 9.59 Å². The number of unbranched alkanes of at least 4 members (excludes halogenated alkanes) is 13. The van der Waals surface area contributed by atoms with Crippen molar-refractivity contribution in [3.05, 3.63) is 122 Å². The highest BCUT2D eigenvalue weighted by Gasteiger charge is 2.15. The summed E-state index contributed by atoms with van der Waals surface area (Å²) >= 11 is 0. The molecule has 0 aromatic carbocycles. The molecule has 1 atom stereocenters. The second-order valence-corrected chi connectivity index (χ2v) is 14.7. The summed E-state index contributed by atoms with van der Waals surface area (Å²) in [4.78, 5) is 24.3. The van der Waals surface area contributed by atoms with Crippen molar-refractivity contribution in [1.29, 1.82) is 0 Å². The van der Waals surface area contributed by atoms with E-state index in [1.807, 2.05) is 6.08 Å². The number of hydrogen-bond donors (Lipinski definition) is 1. The number of rotatable bonds is 40. The van der Waals surface area contributed by atoms with Gasteiger partial charge in [-0.1, -0.05) is 206 Å². The summed E-state index contributed by atoms with van der Waals surface area (Å²) < 4.78 is 10.5. The fourth-order valence-corrected chi connectivity index (χ4v) is 5.89. The largest absolute Gasteiger partial charge is 0.461 e. The van der Waals surface area contributed by atoms with Crippen LogP contribution in [0.5, 0.6) is 0 Å². The smallest absolute Gasteiger partial charge is 0.309 e. The molecule has 0 spiro atoms. The first-order chi connectivity index (χ1) is 28.6. The molecule has 0 radical (unpaired) electrons. The van der Waals surface area contributed by atoms with Crippen LogP contribution < -0.4 is 0 Å². The van der Waals surface area contributed by atoms with Gasteiger partial charge in [0, 0.05) is 6.42 Å². The van der Waals surface area contributed by atoms with Crippen LogP contribution >= 0.6 is 0 Å². The third kappa shape index (κ3) is 45.0. The molecular weight excluding hydrogens is 717 g/mol. The molecular formula is C53H84O5. The summed E-state index contributed by atoms with van der Waals surface area (Å²) in [6.45, 7) is 3.81. The van der Waals surface area contributed by atoms with Crippen molar-refractivity contribution in [1.82, 2.24) is 0 Å². The number of esters is 2. The molecule has 0 rings (SSSR count). The number of ether oxygens (including phenoxy) is 2. The maximum atomic E-state index is 12.2. The molecule has 0 fully saturated rings. The van der Waals surface area contributed by atoms with Crippen molar-refractivity contribution >= 4 is 11.9 Å². The zero-order valence-corrected chi connectivity index (χ0v) is 37.0. The van der Waals surface area contributed by atoms with E-state index in [4.69, 9.17) is 9.47 Å². The molecule has 1 unspecified atom stereocenters. The van der Waals surface area contributed by atoms with Crippen molar-refractivity contribution in [2.75, 3.05) is 13.2 Å². The molecule has 0 aromatic rings. The van der Waals surface area contributed by atoms with Crippen molar-refractivity contribution < 1.29 is 24.2 Å². The van der Waals surface area contributed by atoms with E-state index in [-0.39, 0.29) is 25.6 Å². The summed E-state index contributed by atoms with van der Waals surface area (Å²) in [5.41, 5.74) is 0. The fourth-order valence-electron chi connectivity index (χ4n) is 5.89. The van der Waals surface area contributed by atoms with Gasteiger partial charge in [-0.05, 0) is 83.5 Å². The lowest BCUT2D eigenvalue weighted by molar-refractivity contribution is -0.161. The van der Waals surface area contributed by atoms with E-state index in [0.29, 0.717) is 6.42 Å². The zero-order valence-electron chi connectivity index (χ0n) is 37.0. The van der Waals surface area contributed by atoms with Gasteiger partial charge in [-0.25, -0.2) is 0 Å². The van der Waals surface area contributed by atoms with Crippen molar-refractivity contribution in [2.45, 2.75) is 187 Å². The fraction of sp³-hybridized carbons (Fsp3) is 0.585. The van der Waals surface area contributed by atoms with Gasteiger partial charge in [0.05, 0.1) is 13.0 Å². The second-order valence-electron chi connectivity index (χ2n) is 14.7. The first-order valence-corrected chi connectivity index (χ1v) is 23.1. The molecule has 0 aliphatic heterocycles. The minimum Gasteiger partial charge on any atom is -0.461 e. The Balaban J connectivity index is 3.61. The SMILES string of the molecule is CC/C=C\C/C=C\C/C=C\C/C=C\C/C=C\CCCCCCCCCCCCCCCC(=O)OC(CO)COC(=O)C/C=C\C/C=C\C/C=C\C/C=C\C/C=C\CC. The first kappa shape index (κ1) is 54.3. The molecule has 0 saturated heterocycles. The van der Waals surface area contributed by atoms with Crippen molar-refractivity contribution in [3.8, 4) is 0 Å². The molecule has 0 saturated carbocycles. The Kier molecular flexibility index (Phi) is 44.6. The van der Waals surface area contributed by atoms with Crippen LogP contribution in [0.15, 0.2) is 122 Å². The average molecular weight is 801 g/mol. The standard InChI is InChI=1S/C53H84O5/c1-3-5-7-9-11-13-15-17-19-20-21-22-23-24-25-26-27-28-29-30-31-32-34-36-38-40-42-44-46-48-53(56)58-51(49-54)50-57-52(55)47-45-43-41-39-37-35-33-18-16-14-12-10-8-6-4-2/h5-8,11-14,17-19,21-22,24-25,33,37,39,43,45,51,54H,3-4,9-10,15-16,20,23,26-32,34-36,38,40-42,44,46-50H2,1-2H3/b7-5-,8-6-,13-11-,14-12-,19-17-,22-21-,25-24-,33-18-,39-37-,45-43-. The molecule has 326 valence electrons. The number of aliphatic hydroxyl groups is 1. The van der Waals surface area contributed by atoms with Crippen molar-refractivity contribution in [3.63, 3.8) is 0 Å². The highest BCUT2D eigenvalue weighted by Crippen LogP contribution is 2.14. The molecule has 1 N–H and O–H groups in total. The number of carbonyl (C=O) groups excluding carboxylic acids is 2. The predicted molar refractivity (Wildman–Crippen MR) is 251 cm³/mol. The lowest BCUT2D eigenvalue weighted by atomic mass is 10.0. The van der Waals surface area contributed by atoms with Crippen LogP contribution in [0.3, 0.4) is 0 Å². The number of hydrogen-bond acceptors (Lipinski definition) is 5. The molecule has 0 aliphatic carbocycles. The minimum atomic E-state index is -0.820. The minimum absolute atomic E-state index is 0.127. The molecule has 0 aliphatic rings. The third-order valence-corrected chi connectivity index (χ3v) is 9.28. The van der Waals surface area contributed by atoms with E-state index < -0.39 is 12.1 Å². The molecule has 5 nitrogen and oxygen atoms in total. The topological polar surface area (TPSA) is 72.8 Å². The predicted octanol–water partition coefficient (Wildman–Crippen LogP) is 15.2. The first-order valence-electron chi connectivity index (χ1n) is 23.1. The quantitative estimate of drug-likeness (QED) is 0.0380. The highest BCUT2D eigenvalue weighted by molar-refractivity contribution is 5.71. The van der Waals surface area contributed by atoms with Crippen molar-refractivity contribution in [2.24, 2.45) is 0 Å². The van der Waals surface area contributed by atoms with Gasteiger partial charge in [0.1, 0.15) is 6.61 Å². The maximum Gasteiger partial charge on any atom is 0.309 e. The van der Waals surface area contributed by atoms with Crippen LogP contribution in [0.2, 0.25) is 0 Å². The van der Waals surface area contributed by atoms with Crippen LogP contribution in [0, 0.1) is 0 Å². The van der Waals surface area contributed by atoms with Gasteiger partial charge < -0.3 is 14.6 Å². The van der Waals surface area contributed by atoms with Gasteiger partial charge in [-0.15, -0.1) is 0 Å². The number of allylic oxidation sites excluding steroid dienone is 19. The van der Waals surface area contributed by atoms with E-state index in [0.717, 1.165) is 83.5 Å². The average Bonchev–Trinajstić information content (AvgIpc) is 3.23. The van der Waals surface area contributed by atoms with E-state index in [9.17, 15) is 14.7 Å². The van der Waals surface area contributed by atoms with Crippen LogP contribution in [-0.2, 0) is 19.1 Å². The lowest BCUT2D eigenvalue weighted by Crippen LogP contribution is -2.28. The van der Waals surface area contributed by atoms with Gasteiger partial charge in [0.2, 0.25) is 0 Å². The van der Waals surface area contributed by atoms with E-state index in [2.05, 4.69) is 123 Å². The summed E-state index contributed by atoms with van der Waals surface area (Å²) in [5, 5.41) is 9.58. The third-order valence-electron chi connectivity index (χ3n) is 9.28. The van der Waals surface area contributed by atoms with E-state index in [1.165, 1.54) is 70.6 Å². The van der Waals surface area contributed by atoms with Crippen LogP contribution in [0.4, 0.5) is 0 Å². The van der Waals surface area contributed by atoms with E-state index in [1.54, 1.807) is 6.08 Å². The summed E-state index contributed by atoms with van der Waals surface area (Å²) in [6, 6.07) is 0. The molecule has 5 heteroatoms. The van der Waals surface area contributed by atoms with Gasteiger partial charge in [0.25, 0.3) is 0 Å². The van der Waals surface area contributed by atoms with E-state index >= 15 is 0 Å².